The lowest BCUT2D eigenvalue weighted by Crippen LogP contribution is -2.55. The molecule has 0 saturated heterocycles. The van der Waals surface area contributed by atoms with Gasteiger partial charge in [0.1, 0.15) is 0 Å². The van der Waals surface area contributed by atoms with E-state index in [9.17, 15) is 9.59 Å². The van der Waals surface area contributed by atoms with E-state index in [0.717, 1.165) is 12.1 Å². The molecule has 24 heavy (non-hydrogen) atoms. The Morgan fingerprint density at radius 1 is 1.33 bits per heavy atom. The minimum atomic E-state index is -0.416. The van der Waals surface area contributed by atoms with Gasteiger partial charge < -0.3 is 16.0 Å². The van der Waals surface area contributed by atoms with Crippen molar-refractivity contribution in [2.75, 3.05) is 18.0 Å². The highest BCUT2D eigenvalue weighted by molar-refractivity contribution is 5.97. The van der Waals surface area contributed by atoms with Crippen molar-refractivity contribution in [1.29, 1.82) is 0 Å². The minimum absolute atomic E-state index is 0. The molecule has 3 N–H and O–H groups in total. The Kier molecular flexibility index (Phi) is 7.24. The van der Waals surface area contributed by atoms with Crippen LogP contribution in [0.4, 0.5) is 5.69 Å². The molecular weight excluding hydrogens is 326 g/mol. The molecule has 0 spiro atoms. The maximum atomic E-state index is 12.3. The van der Waals surface area contributed by atoms with Gasteiger partial charge in [0.25, 0.3) is 0 Å². The van der Waals surface area contributed by atoms with Crippen LogP contribution in [0.25, 0.3) is 0 Å². The van der Waals surface area contributed by atoms with E-state index in [1.165, 1.54) is 5.56 Å². The van der Waals surface area contributed by atoms with E-state index in [1.807, 2.05) is 45.0 Å². The summed E-state index contributed by atoms with van der Waals surface area (Å²) in [5, 5.41) is 3.02. The highest BCUT2D eigenvalue weighted by Gasteiger charge is 2.29. The largest absolute Gasteiger partial charge is 0.349 e. The number of rotatable bonds is 6. The predicted octanol–water partition coefficient (Wildman–Crippen LogP) is 2.27. The number of carbonyl (C=O) groups is 2. The molecule has 1 aliphatic rings. The van der Waals surface area contributed by atoms with E-state index in [0.29, 0.717) is 19.5 Å². The van der Waals surface area contributed by atoms with Gasteiger partial charge in [0, 0.05) is 31.6 Å². The first-order chi connectivity index (χ1) is 10.9. The molecule has 1 heterocycles. The Morgan fingerprint density at radius 3 is 2.62 bits per heavy atom. The number of amides is 2. The average molecular weight is 354 g/mol. The zero-order chi connectivity index (χ0) is 17.0. The van der Waals surface area contributed by atoms with Crippen molar-refractivity contribution in [2.24, 2.45) is 11.7 Å². The van der Waals surface area contributed by atoms with E-state index >= 15 is 0 Å². The molecule has 1 aromatic rings. The van der Waals surface area contributed by atoms with Crippen molar-refractivity contribution >= 4 is 29.9 Å². The summed E-state index contributed by atoms with van der Waals surface area (Å²) in [6.07, 6.45) is 1.56. The molecule has 0 aromatic heterocycles. The third-order valence-corrected chi connectivity index (χ3v) is 4.88. The lowest BCUT2D eigenvalue weighted by atomic mass is 9.88. The minimum Gasteiger partial charge on any atom is -0.349 e. The number of carbonyl (C=O) groups excluding carboxylic acids is 2. The van der Waals surface area contributed by atoms with Crippen molar-refractivity contribution in [3.05, 3.63) is 29.8 Å². The zero-order valence-corrected chi connectivity index (χ0v) is 15.5. The summed E-state index contributed by atoms with van der Waals surface area (Å²) in [6, 6.07) is 7.89. The summed E-state index contributed by atoms with van der Waals surface area (Å²) in [6.45, 7) is 6.83. The zero-order valence-electron chi connectivity index (χ0n) is 14.7. The molecule has 5 nitrogen and oxygen atoms in total. The Balaban J connectivity index is 0.00000288. The van der Waals surface area contributed by atoms with Crippen molar-refractivity contribution in [2.45, 2.75) is 45.6 Å². The summed E-state index contributed by atoms with van der Waals surface area (Å²) >= 11 is 0. The summed E-state index contributed by atoms with van der Waals surface area (Å²) < 4.78 is 0. The highest BCUT2D eigenvalue weighted by Crippen LogP contribution is 2.27. The fourth-order valence-electron chi connectivity index (χ4n) is 2.77. The molecule has 1 aliphatic heterocycles. The molecule has 0 fully saturated rings. The summed E-state index contributed by atoms with van der Waals surface area (Å²) in [5.74, 6) is 0.262. The number of hydrogen-bond donors (Lipinski definition) is 2. The number of para-hydroxylation sites is 1. The molecule has 2 amide bonds. The number of aryl methyl sites for hydroxylation is 1. The topological polar surface area (TPSA) is 75.4 Å². The second-order valence-corrected chi connectivity index (χ2v) is 6.75. The second-order valence-electron chi connectivity index (χ2n) is 6.75. The van der Waals surface area contributed by atoms with Crippen molar-refractivity contribution in [3.8, 4) is 0 Å². The van der Waals surface area contributed by atoms with Crippen LogP contribution in [0.5, 0.6) is 0 Å². The number of halogens is 1. The number of anilines is 1. The summed E-state index contributed by atoms with van der Waals surface area (Å²) in [7, 11) is 0. The van der Waals surface area contributed by atoms with Crippen LogP contribution in [0.3, 0.4) is 0 Å². The lowest BCUT2D eigenvalue weighted by molar-refractivity contribution is -0.123. The first-order valence-electron chi connectivity index (χ1n) is 8.26. The van der Waals surface area contributed by atoms with E-state index in [2.05, 4.69) is 5.32 Å². The quantitative estimate of drug-likeness (QED) is 0.823. The first kappa shape index (κ1) is 20.5. The van der Waals surface area contributed by atoms with Gasteiger partial charge in [0.15, 0.2) is 0 Å². The van der Waals surface area contributed by atoms with E-state index < -0.39 is 5.54 Å². The second kappa shape index (κ2) is 8.49. The molecule has 2 rings (SSSR count). The first-order valence-corrected chi connectivity index (χ1v) is 8.26. The smallest absolute Gasteiger partial charge is 0.227 e. The van der Waals surface area contributed by atoms with Gasteiger partial charge in [-0.05, 0) is 30.9 Å². The summed E-state index contributed by atoms with van der Waals surface area (Å²) in [5.41, 5.74) is 7.49. The molecule has 0 aliphatic carbocycles. The van der Waals surface area contributed by atoms with Gasteiger partial charge in [-0.3, -0.25) is 9.59 Å². The normalized spacial score (nSPS) is 16.2. The molecule has 0 saturated carbocycles. The number of benzene rings is 1. The third-order valence-electron chi connectivity index (χ3n) is 4.88. The average Bonchev–Trinajstić information content (AvgIpc) is 2.53. The third kappa shape index (κ3) is 4.48. The van der Waals surface area contributed by atoms with Crippen molar-refractivity contribution in [1.82, 2.24) is 5.32 Å². The number of nitrogens with zero attached hydrogens (tertiary/aromatic N) is 1. The SMILES string of the molecule is CC(C)C(C)(CN)NC(=O)CCN1C(=O)CCc2ccccc21.Cl. The maximum absolute atomic E-state index is 12.3. The van der Waals surface area contributed by atoms with Gasteiger partial charge in [-0.15, -0.1) is 12.4 Å². The van der Waals surface area contributed by atoms with Crippen LogP contribution >= 0.6 is 12.4 Å². The molecule has 1 atom stereocenters. The Hall–Kier alpha value is -1.59. The van der Waals surface area contributed by atoms with Gasteiger partial charge in [-0.2, -0.15) is 0 Å². The van der Waals surface area contributed by atoms with Gasteiger partial charge >= 0.3 is 0 Å². The maximum Gasteiger partial charge on any atom is 0.227 e. The van der Waals surface area contributed by atoms with Crippen molar-refractivity contribution < 1.29 is 9.59 Å². The molecule has 0 radical (unpaired) electrons. The predicted molar refractivity (Wildman–Crippen MR) is 99.4 cm³/mol. The van der Waals surface area contributed by atoms with E-state index in [1.54, 1.807) is 4.90 Å². The number of nitrogens with two attached hydrogens (primary N) is 1. The number of nitrogens with one attached hydrogen (secondary N) is 1. The number of hydrogen-bond acceptors (Lipinski definition) is 3. The van der Waals surface area contributed by atoms with Crippen LogP contribution in [0.1, 0.15) is 39.2 Å². The van der Waals surface area contributed by atoms with Crippen LogP contribution < -0.4 is 16.0 Å². The lowest BCUT2D eigenvalue weighted by Gasteiger charge is -2.34. The molecule has 134 valence electrons. The molecule has 1 aromatic carbocycles. The van der Waals surface area contributed by atoms with Crippen LogP contribution in [0.15, 0.2) is 24.3 Å². The van der Waals surface area contributed by atoms with E-state index in [4.69, 9.17) is 5.73 Å². The fourth-order valence-corrected chi connectivity index (χ4v) is 2.77. The molecule has 1 unspecified atom stereocenters. The van der Waals surface area contributed by atoms with Crippen LogP contribution in [0.2, 0.25) is 0 Å². The molecule has 6 heteroatoms. The highest BCUT2D eigenvalue weighted by atomic mass is 35.5. The Morgan fingerprint density at radius 2 is 2.00 bits per heavy atom. The van der Waals surface area contributed by atoms with E-state index in [-0.39, 0.29) is 36.6 Å². The Bertz CT molecular complexity index is 591. The van der Waals surface area contributed by atoms with Gasteiger partial charge in [0.2, 0.25) is 11.8 Å². The standard InChI is InChI=1S/C18H27N3O2.ClH/c1-13(2)18(3,12-19)20-16(22)10-11-21-15-7-5-4-6-14(15)8-9-17(21)23;/h4-7,13H,8-12,19H2,1-3H3,(H,20,22);1H. The fraction of sp³-hybridized carbons (Fsp3) is 0.556. The molecule has 0 bridgehead atoms. The van der Waals surface area contributed by atoms with Gasteiger partial charge in [0.05, 0.1) is 5.54 Å². The monoisotopic (exact) mass is 353 g/mol. The van der Waals surface area contributed by atoms with Crippen molar-refractivity contribution in [3.63, 3.8) is 0 Å². The molecular formula is C18H28ClN3O2. The van der Waals surface area contributed by atoms with Gasteiger partial charge in [-0.1, -0.05) is 32.0 Å². The Labute approximate surface area is 150 Å². The van der Waals surface area contributed by atoms with Crippen LogP contribution in [-0.4, -0.2) is 30.4 Å². The van der Waals surface area contributed by atoms with Gasteiger partial charge in [-0.25, -0.2) is 0 Å². The summed E-state index contributed by atoms with van der Waals surface area (Å²) in [4.78, 5) is 26.2. The van der Waals surface area contributed by atoms with Crippen LogP contribution in [0, 0.1) is 5.92 Å². The van der Waals surface area contributed by atoms with Crippen LogP contribution in [-0.2, 0) is 16.0 Å². The number of fused-ring (bicyclic) bond motifs is 1.